The van der Waals surface area contributed by atoms with Crippen LogP contribution in [0.1, 0.15) is 22.3 Å². The summed E-state index contributed by atoms with van der Waals surface area (Å²) in [7, 11) is 0. The van der Waals surface area contributed by atoms with Crippen LogP contribution in [0.2, 0.25) is 0 Å². The first-order chi connectivity index (χ1) is 23.1. The predicted octanol–water partition coefficient (Wildman–Crippen LogP) is 11.1. The Hall–Kier alpha value is -6.12. The summed E-state index contributed by atoms with van der Waals surface area (Å²) in [5, 5.41) is 25.5. The van der Waals surface area contributed by atoms with Gasteiger partial charge in [-0.2, -0.15) is 0 Å². The third-order valence-corrected chi connectivity index (χ3v) is 9.88. The Balaban J connectivity index is 1.60. The number of hydrogen-bond donors (Lipinski definition) is 2. The molecule has 8 aromatic rings. The monoisotopic (exact) mass is 602 g/mol. The molecule has 9 rings (SSSR count). The number of benzene rings is 8. The molecule has 2 nitrogen and oxygen atoms in total. The van der Waals surface area contributed by atoms with E-state index in [0.717, 1.165) is 54.9 Å². The van der Waals surface area contributed by atoms with E-state index in [-0.39, 0.29) is 11.5 Å². The fraction of sp³-hybridized carbons (Fsp3) is 0.0222. The van der Waals surface area contributed by atoms with Crippen LogP contribution in [0.3, 0.4) is 0 Å². The highest BCUT2D eigenvalue weighted by molar-refractivity contribution is 6.04. The minimum Gasteiger partial charge on any atom is -0.508 e. The van der Waals surface area contributed by atoms with Crippen LogP contribution < -0.4 is 0 Å². The molecule has 8 aromatic carbocycles. The first-order valence-electron chi connectivity index (χ1n) is 16.0. The fourth-order valence-corrected chi connectivity index (χ4v) is 8.06. The van der Waals surface area contributed by atoms with Crippen LogP contribution >= 0.6 is 0 Å². The van der Waals surface area contributed by atoms with Gasteiger partial charge in [-0.1, -0.05) is 146 Å². The summed E-state index contributed by atoms with van der Waals surface area (Å²) in [6.07, 6.45) is 0. The molecule has 0 radical (unpaired) electrons. The van der Waals surface area contributed by atoms with E-state index in [2.05, 4.69) is 146 Å². The van der Waals surface area contributed by atoms with Gasteiger partial charge in [0.25, 0.3) is 0 Å². The Morgan fingerprint density at radius 1 is 0.340 bits per heavy atom. The molecule has 0 aliphatic heterocycles. The predicted molar refractivity (Wildman–Crippen MR) is 193 cm³/mol. The van der Waals surface area contributed by atoms with Crippen LogP contribution in [0.4, 0.5) is 0 Å². The molecular formula is C45H30O2. The number of aromatic hydroxyl groups is 2. The van der Waals surface area contributed by atoms with Crippen molar-refractivity contribution in [2.45, 2.75) is 5.41 Å². The molecule has 1 aliphatic carbocycles. The fourth-order valence-electron chi connectivity index (χ4n) is 8.06. The molecule has 0 heterocycles. The average molecular weight is 603 g/mol. The third-order valence-electron chi connectivity index (χ3n) is 9.88. The Bertz CT molecular complexity index is 2300. The lowest BCUT2D eigenvalue weighted by Gasteiger charge is -2.39. The Morgan fingerprint density at radius 2 is 0.745 bits per heavy atom. The summed E-state index contributed by atoms with van der Waals surface area (Å²) >= 11 is 0. The minimum atomic E-state index is -0.781. The average Bonchev–Trinajstić information content (AvgIpc) is 3.42. The van der Waals surface area contributed by atoms with Gasteiger partial charge in [0, 0.05) is 0 Å². The van der Waals surface area contributed by atoms with E-state index < -0.39 is 5.41 Å². The van der Waals surface area contributed by atoms with Crippen molar-refractivity contribution in [1.29, 1.82) is 0 Å². The van der Waals surface area contributed by atoms with Gasteiger partial charge in [-0.25, -0.2) is 0 Å². The molecule has 0 aromatic heterocycles. The Kier molecular flexibility index (Phi) is 6.06. The van der Waals surface area contributed by atoms with Crippen LogP contribution in [0, 0.1) is 0 Å². The van der Waals surface area contributed by atoms with Crippen molar-refractivity contribution in [3.63, 3.8) is 0 Å². The maximum Gasteiger partial charge on any atom is 0.116 e. The lowest BCUT2D eigenvalue weighted by Crippen LogP contribution is -2.31. The van der Waals surface area contributed by atoms with Gasteiger partial charge in [0.05, 0.1) is 5.41 Å². The first-order valence-corrected chi connectivity index (χ1v) is 16.0. The molecule has 0 bridgehead atoms. The SMILES string of the molecule is Oc1ccc2c(C3(c4c(-c5ccccc5)ccc5cc(O)ccc45)c4ccccc4-c4ccccc43)c(-c3ccccc3)ccc2c1. The zero-order chi connectivity index (χ0) is 31.5. The van der Waals surface area contributed by atoms with Crippen molar-refractivity contribution in [2.24, 2.45) is 0 Å². The van der Waals surface area contributed by atoms with Crippen molar-refractivity contribution in [3.8, 4) is 44.9 Å². The van der Waals surface area contributed by atoms with E-state index >= 15 is 0 Å². The highest BCUT2D eigenvalue weighted by atomic mass is 16.3. The van der Waals surface area contributed by atoms with Crippen molar-refractivity contribution in [3.05, 3.63) is 192 Å². The van der Waals surface area contributed by atoms with E-state index in [0.29, 0.717) is 0 Å². The molecule has 1 aliphatic rings. The number of fused-ring (bicyclic) bond motifs is 5. The molecule has 2 N–H and O–H groups in total. The van der Waals surface area contributed by atoms with E-state index in [1.807, 2.05) is 12.1 Å². The normalized spacial score (nSPS) is 13.0. The molecule has 0 atom stereocenters. The molecule has 2 heteroatoms. The number of phenols is 2. The van der Waals surface area contributed by atoms with Crippen LogP contribution in [-0.2, 0) is 5.41 Å². The van der Waals surface area contributed by atoms with E-state index in [4.69, 9.17) is 0 Å². The van der Waals surface area contributed by atoms with Crippen LogP contribution in [-0.4, -0.2) is 10.2 Å². The second-order valence-electron chi connectivity index (χ2n) is 12.4. The lowest BCUT2D eigenvalue weighted by atomic mass is 9.62. The summed E-state index contributed by atoms with van der Waals surface area (Å²) in [6, 6.07) is 59.1. The Labute approximate surface area is 273 Å². The topological polar surface area (TPSA) is 40.5 Å². The van der Waals surface area contributed by atoms with Gasteiger partial charge in [0.15, 0.2) is 0 Å². The molecule has 0 unspecified atom stereocenters. The number of rotatable bonds is 4. The van der Waals surface area contributed by atoms with E-state index in [1.54, 1.807) is 12.1 Å². The summed E-state index contributed by atoms with van der Waals surface area (Å²) in [4.78, 5) is 0. The van der Waals surface area contributed by atoms with Crippen molar-refractivity contribution < 1.29 is 10.2 Å². The lowest BCUT2D eigenvalue weighted by molar-refractivity contribution is 0.475. The quantitative estimate of drug-likeness (QED) is 0.210. The zero-order valence-electron chi connectivity index (χ0n) is 25.6. The molecule has 47 heavy (non-hydrogen) atoms. The van der Waals surface area contributed by atoms with E-state index in [9.17, 15) is 10.2 Å². The van der Waals surface area contributed by atoms with Gasteiger partial charge in [-0.15, -0.1) is 0 Å². The summed E-state index contributed by atoms with van der Waals surface area (Å²) in [5.41, 5.74) is 10.9. The standard InChI is InChI=1S/C45H30O2/c46-33-21-25-37-31(27-33)19-23-35(29-11-3-1-4-12-29)43(37)45(41-17-9-7-15-39(41)40-16-8-10-18-42(40)45)44-36(30-13-5-2-6-14-30)24-20-32-28-34(47)22-26-38(32)44/h1-28,46-47H. The summed E-state index contributed by atoms with van der Waals surface area (Å²) in [5.74, 6) is 0.477. The van der Waals surface area contributed by atoms with Crippen LogP contribution in [0.25, 0.3) is 54.9 Å². The first kappa shape index (κ1) is 27.2. The van der Waals surface area contributed by atoms with Gasteiger partial charge >= 0.3 is 0 Å². The Morgan fingerprint density at radius 3 is 1.19 bits per heavy atom. The van der Waals surface area contributed by atoms with Crippen LogP contribution in [0.15, 0.2) is 170 Å². The van der Waals surface area contributed by atoms with Gasteiger partial charge in [0.2, 0.25) is 0 Å². The smallest absolute Gasteiger partial charge is 0.116 e. The molecule has 0 saturated carbocycles. The second kappa shape index (κ2) is 10.5. The van der Waals surface area contributed by atoms with Gasteiger partial charge in [-0.05, 0) is 101 Å². The highest BCUT2D eigenvalue weighted by Gasteiger charge is 2.50. The number of hydrogen-bond acceptors (Lipinski definition) is 2. The molecule has 0 spiro atoms. The second-order valence-corrected chi connectivity index (χ2v) is 12.4. The third kappa shape index (κ3) is 3.98. The van der Waals surface area contributed by atoms with Crippen molar-refractivity contribution in [1.82, 2.24) is 0 Å². The van der Waals surface area contributed by atoms with Gasteiger partial charge < -0.3 is 10.2 Å². The van der Waals surface area contributed by atoms with Crippen molar-refractivity contribution in [2.75, 3.05) is 0 Å². The van der Waals surface area contributed by atoms with Gasteiger partial charge in [-0.3, -0.25) is 0 Å². The largest absolute Gasteiger partial charge is 0.508 e. The molecular weight excluding hydrogens is 572 g/mol. The maximum absolute atomic E-state index is 10.7. The summed E-state index contributed by atoms with van der Waals surface area (Å²) < 4.78 is 0. The highest BCUT2D eigenvalue weighted by Crippen LogP contribution is 2.61. The summed E-state index contributed by atoms with van der Waals surface area (Å²) in [6.45, 7) is 0. The van der Waals surface area contributed by atoms with Crippen LogP contribution in [0.5, 0.6) is 11.5 Å². The molecule has 0 amide bonds. The zero-order valence-corrected chi connectivity index (χ0v) is 25.6. The van der Waals surface area contributed by atoms with Gasteiger partial charge in [0.1, 0.15) is 11.5 Å². The number of phenolic OH excluding ortho intramolecular Hbond substituents is 2. The van der Waals surface area contributed by atoms with E-state index in [1.165, 1.54) is 22.3 Å². The molecule has 0 saturated heterocycles. The maximum atomic E-state index is 10.7. The minimum absolute atomic E-state index is 0.239. The van der Waals surface area contributed by atoms with Crippen molar-refractivity contribution >= 4 is 21.5 Å². The molecule has 0 fully saturated rings. The molecule has 222 valence electrons.